The van der Waals surface area contributed by atoms with E-state index in [1.54, 1.807) is 12.1 Å². The van der Waals surface area contributed by atoms with Crippen molar-refractivity contribution in [1.82, 2.24) is 4.98 Å². The highest BCUT2D eigenvalue weighted by Crippen LogP contribution is 2.12. The lowest BCUT2D eigenvalue weighted by Gasteiger charge is -2.07. The maximum atomic E-state index is 8.80. The van der Waals surface area contributed by atoms with Gasteiger partial charge in [-0.1, -0.05) is 13.8 Å². The third-order valence-electron chi connectivity index (χ3n) is 2.23. The molecule has 0 aromatic carbocycles. The van der Waals surface area contributed by atoms with Gasteiger partial charge in [0.15, 0.2) is 0 Å². The molecule has 0 amide bonds. The summed E-state index contributed by atoms with van der Waals surface area (Å²) in [6.45, 7) is 6.92. The number of hydrogen-bond donors (Lipinski definition) is 0. The van der Waals surface area contributed by atoms with Crippen molar-refractivity contribution < 1.29 is 4.74 Å². The van der Waals surface area contributed by atoms with Gasteiger partial charge >= 0.3 is 0 Å². The molecule has 0 unspecified atom stereocenters. The molecule has 0 bridgehead atoms. The van der Waals surface area contributed by atoms with E-state index in [1.165, 1.54) is 0 Å². The summed E-state index contributed by atoms with van der Waals surface area (Å²) < 4.78 is 5.52. The van der Waals surface area contributed by atoms with Crippen LogP contribution in [0.25, 0.3) is 0 Å². The largest absolute Gasteiger partial charge is 0.478 e. The predicted octanol–water partition coefficient (Wildman–Crippen LogP) is 3.08. The highest BCUT2D eigenvalue weighted by atomic mass is 16.5. The maximum Gasteiger partial charge on any atom is 0.214 e. The molecule has 0 aliphatic rings. The minimum Gasteiger partial charge on any atom is -0.478 e. The standard InChI is InChI=1S/C13H18N2O/c1-10(2)5-4-6-16-13-8-12(9-14)7-11(3)15-13/h7-8,10H,4-6H2,1-3H3. The molecule has 0 atom stereocenters. The molecule has 0 spiro atoms. The molecule has 0 saturated heterocycles. The SMILES string of the molecule is Cc1cc(C#N)cc(OCCCC(C)C)n1. The molecule has 0 aliphatic heterocycles. The summed E-state index contributed by atoms with van der Waals surface area (Å²) in [7, 11) is 0. The molecule has 0 radical (unpaired) electrons. The van der Waals surface area contributed by atoms with Gasteiger partial charge in [0.05, 0.1) is 18.2 Å². The van der Waals surface area contributed by atoms with Crippen LogP contribution in [-0.2, 0) is 0 Å². The number of nitriles is 1. The summed E-state index contributed by atoms with van der Waals surface area (Å²) in [6, 6.07) is 5.53. The summed E-state index contributed by atoms with van der Waals surface area (Å²) in [4.78, 5) is 4.23. The third-order valence-corrected chi connectivity index (χ3v) is 2.23. The van der Waals surface area contributed by atoms with Crippen LogP contribution < -0.4 is 4.74 Å². The van der Waals surface area contributed by atoms with E-state index < -0.39 is 0 Å². The Labute approximate surface area is 97.1 Å². The van der Waals surface area contributed by atoms with Crippen molar-refractivity contribution in [2.75, 3.05) is 6.61 Å². The Balaban J connectivity index is 2.48. The Morgan fingerprint density at radius 2 is 2.19 bits per heavy atom. The van der Waals surface area contributed by atoms with Crippen LogP contribution in [0, 0.1) is 24.2 Å². The zero-order valence-electron chi connectivity index (χ0n) is 10.2. The number of rotatable bonds is 5. The second kappa shape index (κ2) is 6.12. The maximum absolute atomic E-state index is 8.80. The van der Waals surface area contributed by atoms with Gasteiger partial charge in [0.25, 0.3) is 0 Å². The number of hydrogen-bond acceptors (Lipinski definition) is 3. The Bertz CT molecular complexity index is 380. The zero-order valence-corrected chi connectivity index (χ0v) is 10.2. The van der Waals surface area contributed by atoms with Gasteiger partial charge in [-0.25, -0.2) is 4.98 Å². The summed E-state index contributed by atoms with van der Waals surface area (Å²) >= 11 is 0. The average Bonchev–Trinajstić information content (AvgIpc) is 2.23. The topological polar surface area (TPSA) is 45.9 Å². The van der Waals surface area contributed by atoms with E-state index in [4.69, 9.17) is 10.00 Å². The van der Waals surface area contributed by atoms with Gasteiger partial charge in [-0.15, -0.1) is 0 Å². The van der Waals surface area contributed by atoms with Crippen LogP contribution in [0.2, 0.25) is 0 Å². The van der Waals surface area contributed by atoms with Crippen LogP contribution in [0.1, 0.15) is 37.9 Å². The molecule has 1 aromatic rings. The molecule has 0 fully saturated rings. The molecular formula is C13H18N2O. The Morgan fingerprint density at radius 1 is 1.44 bits per heavy atom. The van der Waals surface area contributed by atoms with Crippen LogP contribution in [0.3, 0.4) is 0 Å². The van der Waals surface area contributed by atoms with Crippen molar-refractivity contribution >= 4 is 0 Å². The smallest absolute Gasteiger partial charge is 0.214 e. The van der Waals surface area contributed by atoms with E-state index in [9.17, 15) is 0 Å². The zero-order chi connectivity index (χ0) is 12.0. The number of aryl methyl sites for hydroxylation is 1. The lowest BCUT2D eigenvalue weighted by molar-refractivity contribution is 0.286. The van der Waals surface area contributed by atoms with Crippen LogP contribution in [0.4, 0.5) is 0 Å². The number of pyridine rings is 1. The quantitative estimate of drug-likeness (QED) is 0.713. The van der Waals surface area contributed by atoms with Crippen molar-refractivity contribution in [3.8, 4) is 11.9 Å². The number of nitrogens with zero attached hydrogens (tertiary/aromatic N) is 2. The molecule has 0 aliphatic carbocycles. The first-order valence-corrected chi connectivity index (χ1v) is 5.63. The van der Waals surface area contributed by atoms with Gasteiger partial charge in [-0.2, -0.15) is 5.26 Å². The van der Waals surface area contributed by atoms with Gasteiger partial charge in [0.2, 0.25) is 5.88 Å². The molecular weight excluding hydrogens is 200 g/mol. The highest BCUT2D eigenvalue weighted by molar-refractivity contribution is 5.33. The van der Waals surface area contributed by atoms with Crippen LogP contribution in [0.15, 0.2) is 12.1 Å². The van der Waals surface area contributed by atoms with Crippen LogP contribution in [0.5, 0.6) is 5.88 Å². The Morgan fingerprint density at radius 3 is 2.81 bits per heavy atom. The molecule has 1 heterocycles. The van der Waals surface area contributed by atoms with Gasteiger partial charge in [0.1, 0.15) is 0 Å². The molecule has 16 heavy (non-hydrogen) atoms. The van der Waals surface area contributed by atoms with Crippen molar-refractivity contribution in [1.29, 1.82) is 5.26 Å². The predicted molar refractivity (Wildman–Crippen MR) is 63.3 cm³/mol. The highest BCUT2D eigenvalue weighted by Gasteiger charge is 2.01. The van der Waals surface area contributed by atoms with Crippen molar-refractivity contribution in [2.45, 2.75) is 33.6 Å². The summed E-state index contributed by atoms with van der Waals surface area (Å²) in [5.74, 6) is 1.25. The summed E-state index contributed by atoms with van der Waals surface area (Å²) in [6.07, 6.45) is 2.17. The lowest BCUT2D eigenvalue weighted by atomic mass is 10.1. The second-order valence-electron chi connectivity index (χ2n) is 4.33. The fourth-order valence-electron chi connectivity index (χ4n) is 1.44. The van der Waals surface area contributed by atoms with Gasteiger partial charge in [-0.05, 0) is 31.7 Å². The first kappa shape index (κ1) is 12.5. The fraction of sp³-hybridized carbons (Fsp3) is 0.538. The van der Waals surface area contributed by atoms with E-state index in [2.05, 4.69) is 24.9 Å². The fourth-order valence-corrected chi connectivity index (χ4v) is 1.44. The minimum absolute atomic E-state index is 0.556. The minimum atomic E-state index is 0.556. The Hall–Kier alpha value is -1.56. The first-order chi connectivity index (χ1) is 7.61. The Kier molecular flexibility index (Phi) is 4.78. The van der Waals surface area contributed by atoms with Crippen LogP contribution >= 0.6 is 0 Å². The summed E-state index contributed by atoms with van der Waals surface area (Å²) in [5.41, 5.74) is 1.42. The summed E-state index contributed by atoms with van der Waals surface area (Å²) in [5, 5.41) is 8.80. The van der Waals surface area contributed by atoms with E-state index in [-0.39, 0.29) is 0 Å². The molecule has 0 saturated carbocycles. The molecule has 3 nitrogen and oxygen atoms in total. The number of aromatic nitrogens is 1. The van der Waals surface area contributed by atoms with Crippen molar-refractivity contribution in [3.05, 3.63) is 23.4 Å². The molecule has 1 rings (SSSR count). The van der Waals surface area contributed by atoms with Gasteiger partial charge in [-0.3, -0.25) is 0 Å². The van der Waals surface area contributed by atoms with Gasteiger partial charge in [0, 0.05) is 11.8 Å². The van der Waals surface area contributed by atoms with Crippen molar-refractivity contribution in [3.63, 3.8) is 0 Å². The van der Waals surface area contributed by atoms with E-state index in [0.29, 0.717) is 24.0 Å². The first-order valence-electron chi connectivity index (χ1n) is 5.63. The van der Waals surface area contributed by atoms with E-state index >= 15 is 0 Å². The van der Waals surface area contributed by atoms with E-state index in [1.807, 2.05) is 6.92 Å². The van der Waals surface area contributed by atoms with Crippen molar-refractivity contribution in [2.24, 2.45) is 5.92 Å². The lowest BCUT2D eigenvalue weighted by Crippen LogP contribution is -2.02. The molecule has 0 N–H and O–H groups in total. The van der Waals surface area contributed by atoms with E-state index in [0.717, 1.165) is 18.5 Å². The third kappa shape index (κ3) is 4.31. The second-order valence-corrected chi connectivity index (χ2v) is 4.33. The van der Waals surface area contributed by atoms with Gasteiger partial charge < -0.3 is 4.74 Å². The molecule has 1 aromatic heterocycles. The number of ether oxygens (including phenoxy) is 1. The average molecular weight is 218 g/mol. The van der Waals surface area contributed by atoms with Crippen LogP contribution in [-0.4, -0.2) is 11.6 Å². The normalized spacial score (nSPS) is 10.2. The molecule has 86 valence electrons. The molecule has 3 heteroatoms. The monoisotopic (exact) mass is 218 g/mol.